The average Bonchev–Trinajstić information content (AvgIpc) is 2.27. The van der Waals surface area contributed by atoms with Crippen LogP contribution in [0.1, 0.15) is 13.8 Å². The fraction of sp³-hybridized carbons (Fsp3) is 0.714. The maximum absolute atomic E-state index is 8.81. The van der Waals surface area contributed by atoms with Crippen molar-refractivity contribution in [2.45, 2.75) is 20.1 Å². The minimum atomic E-state index is -2.87. The van der Waals surface area contributed by atoms with Crippen molar-refractivity contribution in [2.24, 2.45) is 0 Å². The minimum absolute atomic E-state index is 0.0157. The zero-order chi connectivity index (χ0) is 10.1. The first-order valence-corrected chi connectivity index (χ1v) is 5.89. The van der Waals surface area contributed by atoms with Gasteiger partial charge in [0.2, 0.25) is 0 Å². The third kappa shape index (κ3) is 2.31. The summed E-state index contributed by atoms with van der Waals surface area (Å²) in [4.78, 5) is 0. The predicted octanol–water partition coefficient (Wildman–Crippen LogP) is 0.737. The Bertz CT molecular complexity index is 211. The molecule has 0 fully saturated rings. The summed E-state index contributed by atoms with van der Waals surface area (Å²) in [5.41, 5.74) is 0. The van der Waals surface area contributed by atoms with E-state index in [0.717, 1.165) is 0 Å². The molecule has 5 nitrogen and oxygen atoms in total. The normalized spacial score (nSPS) is 22.9. The molecule has 13 heavy (non-hydrogen) atoms. The molecule has 0 unspecified atom stereocenters. The summed E-state index contributed by atoms with van der Waals surface area (Å²) in [5.74, 6) is 1.29. The van der Waals surface area contributed by atoms with Gasteiger partial charge >= 0.3 is 76.7 Å². The van der Waals surface area contributed by atoms with Crippen molar-refractivity contribution in [1.29, 1.82) is 0 Å². The molecule has 1 rings (SSSR count). The SMILES string of the molecule is CO[PH]1(CC(O)O)OC(C)=C(C)O1. The Labute approximate surface area is 77.5 Å². The van der Waals surface area contributed by atoms with E-state index in [9.17, 15) is 0 Å². The molecular formula is C7H15O5P. The van der Waals surface area contributed by atoms with E-state index >= 15 is 0 Å². The average molecular weight is 210 g/mol. The molecule has 6 heteroatoms. The van der Waals surface area contributed by atoms with Gasteiger partial charge in [0.05, 0.1) is 0 Å². The van der Waals surface area contributed by atoms with Gasteiger partial charge in [0, 0.05) is 0 Å². The predicted molar refractivity (Wildman–Crippen MR) is 49.0 cm³/mol. The molecule has 0 aromatic rings. The number of hydrogen-bond donors (Lipinski definition) is 2. The van der Waals surface area contributed by atoms with Crippen LogP contribution < -0.4 is 0 Å². The van der Waals surface area contributed by atoms with Gasteiger partial charge in [-0.1, -0.05) is 0 Å². The van der Waals surface area contributed by atoms with Crippen molar-refractivity contribution in [3.8, 4) is 0 Å². The number of hydrogen-bond acceptors (Lipinski definition) is 5. The van der Waals surface area contributed by atoms with Crippen molar-refractivity contribution in [3.63, 3.8) is 0 Å². The van der Waals surface area contributed by atoms with Crippen molar-refractivity contribution in [1.82, 2.24) is 0 Å². The van der Waals surface area contributed by atoms with Gasteiger partial charge in [0.1, 0.15) is 0 Å². The third-order valence-corrected chi connectivity index (χ3v) is 4.58. The van der Waals surface area contributed by atoms with Crippen molar-refractivity contribution in [2.75, 3.05) is 13.3 Å². The molecular weight excluding hydrogens is 195 g/mol. The van der Waals surface area contributed by atoms with Crippen molar-refractivity contribution in [3.05, 3.63) is 11.5 Å². The number of allylic oxidation sites excluding steroid dienone is 2. The number of aliphatic hydroxyl groups is 2. The summed E-state index contributed by atoms with van der Waals surface area (Å²) in [6.45, 7) is 3.51. The Balaban J connectivity index is 2.67. The van der Waals surface area contributed by atoms with Gasteiger partial charge in [0.25, 0.3) is 0 Å². The van der Waals surface area contributed by atoms with Gasteiger partial charge in [-0.3, -0.25) is 0 Å². The maximum atomic E-state index is 8.81. The Morgan fingerprint density at radius 1 is 1.31 bits per heavy atom. The summed E-state index contributed by atoms with van der Waals surface area (Å²) in [6, 6.07) is 0. The molecule has 1 heterocycles. The first-order chi connectivity index (χ1) is 5.99. The molecule has 0 saturated carbocycles. The fourth-order valence-corrected chi connectivity index (χ4v) is 3.31. The van der Waals surface area contributed by atoms with Gasteiger partial charge in [-0.25, -0.2) is 0 Å². The monoisotopic (exact) mass is 210 g/mol. The Hall–Kier alpha value is -0.350. The zero-order valence-electron chi connectivity index (χ0n) is 7.90. The summed E-state index contributed by atoms with van der Waals surface area (Å²) < 4.78 is 15.8. The van der Waals surface area contributed by atoms with E-state index in [1.807, 2.05) is 0 Å². The third-order valence-electron chi connectivity index (χ3n) is 1.86. The Kier molecular flexibility index (Phi) is 3.14. The molecule has 0 atom stereocenters. The molecule has 0 bridgehead atoms. The van der Waals surface area contributed by atoms with Crippen LogP contribution in [-0.4, -0.2) is 29.8 Å². The van der Waals surface area contributed by atoms with E-state index in [1.54, 1.807) is 13.8 Å². The Morgan fingerprint density at radius 3 is 2.08 bits per heavy atom. The van der Waals surface area contributed by atoms with Crippen LogP contribution >= 0.6 is 7.94 Å². The molecule has 0 amide bonds. The van der Waals surface area contributed by atoms with E-state index in [2.05, 4.69) is 0 Å². The summed E-state index contributed by atoms with van der Waals surface area (Å²) in [6.07, 6.45) is -1.48. The first-order valence-electron chi connectivity index (χ1n) is 3.96. The van der Waals surface area contributed by atoms with Crippen LogP contribution in [0.15, 0.2) is 11.5 Å². The number of rotatable bonds is 3. The summed E-state index contributed by atoms with van der Waals surface area (Å²) >= 11 is 0. The van der Waals surface area contributed by atoms with Gasteiger partial charge in [-0.05, 0) is 0 Å². The van der Waals surface area contributed by atoms with E-state index in [4.69, 9.17) is 23.8 Å². The van der Waals surface area contributed by atoms with Gasteiger partial charge in [-0.2, -0.15) is 0 Å². The molecule has 1 aliphatic rings. The van der Waals surface area contributed by atoms with Crippen LogP contribution in [0.25, 0.3) is 0 Å². The quantitative estimate of drug-likeness (QED) is 0.531. The van der Waals surface area contributed by atoms with Crippen LogP contribution in [0.5, 0.6) is 0 Å². The molecule has 0 aromatic carbocycles. The molecule has 0 aromatic heterocycles. The first kappa shape index (κ1) is 10.7. The van der Waals surface area contributed by atoms with Crippen LogP contribution in [0, 0.1) is 0 Å². The van der Waals surface area contributed by atoms with Gasteiger partial charge in [-0.15, -0.1) is 0 Å². The van der Waals surface area contributed by atoms with E-state index in [0.29, 0.717) is 11.5 Å². The van der Waals surface area contributed by atoms with Crippen molar-refractivity contribution >= 4 is 7.94 Å². The topological polar surface area (TPSA) is 68.2 Å². The standard InChI is InChI=1S/C7H15O5P/c1-5-6(2)12-13(10-3,11-5)4-7(8)9/h7-9,13H,4H2,1-3H3. The van der Waals surface area contributed by atoms with E-state index in [1.165, 1.54) is 7.11 Å². The number of aliphatic hydroxyl groups excluding tert-OH is 1. The van der Waals surface area contributed by atoms with Gasteiger partial charge in [0.15, 0.2) is 0 Å². The molecule has 0 spiro atoms. The second-order valence-corrected chi connectivity index (χ2v) is 5.48. The van der Waals surface area contributed by atoms with Crippen LogP contribution in [0.3, 0.4) is 0 Å². The second-order valence-electron chi connectivity index (χ2n) is 2.89. The second kappa shape index (κ2) is 3.80. The zero-order valence-corrected chi connectivity index (χ0v) is 8.90. The molecule has 1 aliphatic heterocycles. The van der Waals surface area contributed by atoms with Crippen LogP contribution in [0.2, 0.25) is 0 Å². The molecule has 0 aliphatic carbocycles. The summed E-state index contributed by atoms with van der Waals surface area (Å²) in [5, 5.41) is 17.6. The summed E-state index contributed by atoms with van der Waals surface area (Å²) in [7, 11) is -1.42. The van der Waals surface area contributed by atoms with Crippen molar-refractivity contribution < 1.29 is 23.8 Å². The Morgan fingerprint density at radius 2 is 1.77 bits per heavy atom. The van der Waals surface area contributed by atoms with E-state index < -0.39 is 14.2 Å². The molecule has 0 radical (unpaired) electrons. The van der Waals surface area contributed by atoms with E-state index in [-0.39, 0.29) is 6.16 Å². The van der Waals surface area contributed by atoms with Gasteiger partial charge < -0.3 is 0 Å². The molecule has 2 N–H and O–H groups in total. The van der Waals surface area contributed by atoms with Crippen LogP contribution in [0.4, 0.5) is 0 Å². The molecule has 78 valence electrons. The fourth-order valence-electron chi connectivity index (χ4n) is 1.10. The van der Waals surface area contributed by atoms with Crippen LogP contribution in [-0.2, 0) is 13.6 Å². The molecule has 0 saturated heterocycles.